The van der Waals surface area contributed by atoms with Crippen LogP contribution in [-0.2, 0) is 24.4 Å². The van der Waals surface area contributed by atoms with E-state index in [1.165, 1.54) is 26.7 Å². The maximum absolute atomic E-state index is 13.9. The van der Waals surface area contributed by atoms with Gasteiger partial charge in [0, 0.05) is 25.2 Å². The van der Waals surface area contributed by atoms with E-state index >= 15 is 0 Å². The van der Waals surface area contributed by atoms with Gasteiger partial charge in [-0.3, -0.25) is 23.9 Å². The molecule has 1 saturated heterocycles. The maximum Gasteiger partial charge on any atom is 0.573 e. The number of carbonyl (C=O) groups is 2. The molecule has 12 nitrogen and oxygen atoms in total. The highest BCUT2D eigenvalue weighted by Gasteiger charge is 2.44. The molecule has 40 heavy (non-hydrogen) atoms. The number of unbranched alkanes of at least 4 members (excludes halogenated alkanes) is 1. The Morgan fingerprint density at radius 1 is 1.02 bits per heavy atom. The number of carbonyl (C=O) groups excluding carboxylic acids is 2. The number of aryl methyl sites for hydroxylation is 2. The molecule has 3 heterocycles. The molecule has 1 aliphatic heterocycles. The Bertz CT molecular complexity index is 1340. The lowest BCUT2D eigenvalue weighted by Gasteiger charge is -2.37. The Morgan fingerprint density at radius 3 is 2.38 bits per heavy atom. The molecule has 0 saturated carbocycles. The van der Waals surface area contributed by atoms with Crippen molar-refractivity contribution in [2.24, 2.45) is 0 Å². The van der Waals surface area contributed by atoms with Gasteiger partial charge in [-0.2, -0.15) is 0 Å². The number of benzene rings is 1. The third kappa shape index (κ3) is 8.39. The molecule has 2 N–H and O–H groups in total. The predicted molar refractivity (Wildman–Crippen MR) is 124 cm³/mol. The average Bonchev–Trinajstić information content (AvgIpc) is 3.49. The molecule has 4 rings (SSSR count). The zero-order chi connectivity index (χ0) is 28.9. The molecular formula is C22H23F6N9O3. The molecule has 1 aromatic carbocycles. The van der Waals surface area contributed by atoms with Crippen LogP contribution in [0.3, 0.4) is 0 Å². The summed E-state index contributed by atoms with van der Waals surface area (Å²) < 4.78 is 83.4. The van der Waals surface area contributed by atoms with Gasteiger partial charge in [0.15, 0.2) is 11.5 Å². The minimum absolute atomic E-state index is 0.0679. The van der Waals surface area contributed by atoms with Crippen LogP contribution >= 0.6 is 0 Å². The van der Waals surface area contributed by atoms with Gasteiger partial charge in [0.1, 0.15) is 11.6 Å². The third-order valence-electron chi connectivity index (χ3n) is 5.57. The van der Waals surface area contributed by atoms with Crippen LogP contribution in [0.5, 0.6) is 5.75 Å². The lowest BCUT2D eigenvalue weighted by Crippen LogP contribution is -2.57. The summed E-state index contributed by atoms with van der Waals surface area (Å²) in [5.41, 5.74) is -0.277. The minimum atomic E-state index is -4.94. The fourth-order valence-electron chi connectivity index (χ4n) is 3.78. The number of anilines is 1. The van der Waals surface area contributed by atoms with E-state index in [0.717, 1.165) is 18.2 Å². The number of nitrogens with one attached hydrogen (secondary N) is 2. The van der Waals surface area contributed by atoms with E-state index in [-0.39, 0.29) is 23.6 Å². The summed E-state index contributed by atoms with van der Waals surface area (Å²) in [6.07, 6.45) is -0.837. The second kappa shape index (κ2) is 11.9. The molecule has 0 atom stereocenters. The number of amides is 2. The number of hydrogen-bond donors (Lipinski definition) is 2. The Hall–Kier alpha value is -4.22. The van der Waals surface area contributed by atoms with E-state index in [1.807, 2.05) is 0 Å². The van der Waals surface area contributed by atoms with Gasteiger partial charge in [0.2, 0.25) is 5.91 Å². The number of hydrogen-bond acceptors (Lipinski definition) is 8. The average molecular weight is 575 g/mol. The summed E-state index contributed by atoms with van der Waals surface area (Å²) in [4.78, 5) is 25.5. The van der Waals surface area contributed by atoms with Gasteiger partial charge >= 0.3 is 6.36 Å². The van der Waals surface area contributed by atoms with Gasteiger partial charge in [-0.05, 0) is 31.0 Å². The second-order valence-electron chi connectivity index (χ2n) is 8.97. The Labute approximate surface area is 222 Å². The third-order valence-corrected chi connectivity index (χ3v) is 5.57. The van der Waals surface area contributed by atoms with E-state index in [9.17, 15) is 35.9 Å². The van der Waals surface area contributed by atoms with Crippen molar-refractivity contribution in [3.8, 4) is 5.75 Å². The van der Waals surface area contributed by atoms with Crippen molar-refractivity contribution < 1.29 is 40.7 Å². The molecule has 2 aromatic heterocycles. The van der Waals surface area contributed by atoms with E-state index in [0.29, 0.717) is 25.9 Å². The fraction of sp³-hybridized carbons (Fsp3) is 0.455. The zero-order valence-corrected chi connectivity index (χ0v) is 20.7. The lowest BCUT2D eigenvalue weighted by atomic mass is 10.1. The molecule has 0 aliphatic carbocycles. The quantitative estimate of drug-likeness (QED) is 0.248. The van der Waals surface area contributed by atoms with Crippen molar-refractivity contribution in [1.82, 2.24) is 40.2 Å². The minimum Gasteiger partial charge on any atom is -0.406 e. The molecule has 1 fully saturated rings. The van der Waals surface area contributed by atoms with Crippen LogP contribution in [0.4, 0.5) is 32.2 Å². The molecule has 18 heteroatoms. The van der Waals surface area contributed by atoms with E-state index in [1.54, 1.807) is 0 Å². The van der Waals surface area contributed by atoms with Gasteiger partial charge in [-0.25, -0.2) is 13.2 Å². The lowest BCUT2D eigenvalue weighted by molar-refractivity contribution is -0.274. The topological polar surface area (TPSA) is 132 Å². The summed E-state index contributed by atoms with van der Waals surface area (Å²) in [7, 11) is 0. The molecule has 0 spiro atoms. The number of rotatable bonds is 12. The second-order valence-corrected chi connectivity index (χ2v) is 8.97. The summed E-state index contributed by atoms with van der Waals surface area (Å²) >= 11 is 0. The molecular weight excluding hydrogens is 552 g/mol. The maximum atomic E-state index is 13.9. The monoisotopic (exact) mass is 575 g/mol. The first kappa shape index (κ1) is 28.8. The molecule has 3 aromatic rings. The number of halogens is 6. The van der Waals surface area contributed by atoms with Crippen LogP contribution in [0.25, 0.3) is 0 Å². The standard InChI is InChI=1S/C22H23F6N9O3/c23-16-4-3-15(40-22(26,27)28)7-14(16)8-29-20(39)17-9-36(33-31-17)5-1-2-6-37-10-18(32-34-37)30-19(38)11-35-12-21(24,25)13-35/h3-4,7,9-10H,1-2,5-6,8,11-13H2,(H,29,39)(H,30,38). The number of aromatic nitrogens is 6. The molecule has 2 amide bonds. The molecule has 0 bridgehead atoms. The number of likely N-dealkylation sites (tertiary alicyclic amines) is 1. The van der Waals surface area contributed by atoms with Crippen molar-refractivity contribution in [3.63, 3.8) is 0 Å². The highest BCUT2D eigenvalue weighted by Crippen LogP contribution is 2.26. The Kier molecular flexibility index (Phi) is 8.55. The number of nitrogens with zero attached hydrogens (tertiary/aromatic N) is 7. The molecule has 1 aliphatic rings. The smallest absolute Gasteiger partial charge is 0.406 e. The molecule has 0 unspecified atom stereocenters. The zero-order valence-electron chi connectivity index (χ0n) is 20.7. The molecule has 216 valence electrons. The van der Waals surface area contributed by atoms with E-state index in [2.05, 4.69) is 36.0 Å². The highest BCUT2D eigenvalue weighted by molar-refractivity contribution is 5.92. The van der Waals surface area contributed by atoms with Gasteiger partial charge < -0.3 is 15.4 Å². The van der Waals surface area contributed by atoms with Gasteiger partial charge in [-0.15, -0.1) is 23.4 Å². The van der Waals surface area contributed by atoms with Crippen molar-refractivity contribution in [2.75, 3.05) is 25.0 Å². The molecule has 0 radical (unpaired) electrons. The Morgan fingerprint density at radius 2 is 1.70 bits per heavy atom. The summed E-state index contributed by atoms with van der Waals surface area (Å²) in [6, 6.07) is 2.46. The van der Waals surface area contributed by atoms with Gasteiger partial charge in [0.05, 0.1) is 32.0 Å². The van der Waals surface area contributed by atoms with Crippen molar-refractivity contribution in [2.45, 2.75) is 44.8 Å². The van der Waals surface area contributed by atoms with E-state index in [4.69, 9.17) is 0 Å². The summed E-state index contributed by atoms with van der Waals surface area (Å²) in [6.45, 7) is -0.633. The number of alkyl halides is 5. The summed E-state index contributed by atoms with van der Waals surface area (Å²) in [5.74, 6) is -5.16. The highest BCUT2D eigenvalue weighted by atomic mass is 19.4. The predicted octanol–water partition coefficient (Wildman–Crippen LogP) is 2.21. The van der Waals surface area contributed by atoms with Crippen molar-refractivity contribution >= 4 is 17.6 Å². The first-order chi connectivity index (χ1) is 18.8. The van der Waals surface area contributed by atoms with Crippen LogP contribution < -0.4 is 15.4 Å². The normalized spacial score (nSPS) is 14.9. The van der Waals surface area contributed by atoms with Crippen LogP contribution in [-0.4, -0.2) is 78.6 Å². The SMILES string of the molecule is O=C(CN1CC(F)(F)C1)Nc1cn(CCCCn2cc(C(=O)NCc3cc(OC(F)(F)F)ccc3F)nn2)nn1. The van der Waals surface area contributed by atoms with Gasteiger partial charge in [-0.1, -0.05) is 10.4 Å². The van der Waals surface area contributed by atoms with E-state index < -0.39 is 55.3 Å². The summed E-state index contributed by atoms with van der Waals surface area (Å²) in [5, 5.41) is 20.2. The van der Waals surface area contributed by atoms with Crippen molar-refractivity contribution in [3.05, 3.63) is 47.7 Å². The largest absolute Gasteiger partial charge is 0.573 e. The van der Waals surface area contributed by atoms with Crippen LogP contribution in [0.1, 0.15) is 28.9 Å². The van der Waals surface area contributed by atoms with Gasteiger partial charge in [0.25, 0.3) is 11.8 Å². The number of ether oxygens (including phenoxy) is 1. The Balaban J connectivity index is 1.16. The van der Waals surface area contributed by atoms with Crippen LogP contribution in [0.2, 0.25) is 0 Å². The van der Waals surface area contributed by atoms with Crippen molar-refractivity contribution in [1.29, 1.82) is 0 Å². The van der Waals surface area contributed by atoms with Crippen LogP contribution in [0.15, 0.2) is 30.6 Å². The first-order valence-electron chi connectivity index (χ1n) is 11.9. The van der Waals surface area contributed by atoms with Crippen LogP contribution in [0, 0.1) is 5.82 Å². The first-order valence-corrected chi connectivity index (χ1v) is 11.9. The fourth-order valence-corrected chi connectivity index (χ4v) is 3.78.